The SMILES string of the molecule is O=C(Oc1ccccc1N(C(=O)c1ccccc1)S(=O)(=O)c1cccc([N+](=O)[O-])c1)c1ccccc1. The van der Waals surface area contributed by atoms with Crippen molar-refractivity contribution in [3.63, 3.8) is 0 Å². The van der Waals surface area contributed by atoms with Gasteiger partial charge in [0.2, 0.25) is 0 Å². The monoisotopic (exact) mass is 502 g/mol. The number of esters is 1. The van der Waals surface area contributed by atoms with Gasteiger partial charge in [-0.05, 0) is 42.5 Å². The first-order chi connectivity index (χ1) is 17.3. The lowest BCUT2D eigenvalue weighted by atomic mass is 10.2. The highest BCUT2D eigenvalue weighted by Gasteiger charge is 2.35. The van der Waals surface area contributed by atoms with Crippen molar-refractivity contribution in [2.45, 2.75) is 4.90 Å². The fourth-order valence-electron chi connectivity index (χ4n) is 3.35. The van der Waals surface area contributed by atoms with Crippen molar-refractivity contribution >= 4 is 33.3 Å². The molecule has 0 atom stereocenters. The first kappa shape index (κ1) is 24.3. The van der Waals surface area contributed by atoms with E-state index in [-0.39, 0.29) is 22.6 Å². The number of hydrogen-bond acceptors (Lipinski definition) is 7. The zero-order valence-electron chi connectivity index (χ0n) is 18.6. The minimum absolute atomic E-state index is 0.0377. The fraction of sp³-hybridized carbons (Fsp3) is 0. The Morgan fingerprint density at radius 2 is 1.33 bits per heavy atom. The van der Waals surface area contributed by atoms with Gasteiger partial charge in [0.05, 0.1) is 15.4 Å². The predicted molar refractivity (Wildman–Crippen MR) is 131 cm³/mol. The molecule has 0 spiro atoms. The number of hydrogen-bond donors (Lipinski definition) is 0. The summed E-state index contributed by atoms with van der Waals surface area (Å²) in [6.07, 6.45) is 0. The van der Waals surface area contributed by atoms with Crippen LogP contribution in [0.1, 0.15) is 20.7 Å². The van der Waals surface area contributed by atoms with E-state index in [1.165, 1.54) is 54.6 Å². The molecule has 0 N–H and O–H groups in total. The fourth-order valence-corrected chi connectivity index (χ4v) is 4.82. The highest BCUT2D eigenvalue weighted by atomic mass is 32.2. The number of para-hydroxylation sites is 2. The zero-order chi connectivity index (χ0) is 25.7. The zero-order valence-corrected chi connectivity index (χ0v) is 19.4. The lowest BCUT2D eigenvalue weighted by Gasteiger charge is -2.24. The summed E-state index contributed by atoms with van der Waals surface area (Å²) in [6.45, 7) is 0. The van der Waals surface area contributed by atoms with Crippen LogP contribution in [0.5, 0.6) is 5.75 Å². The molecule has 0 saturated carbocycles. The molecule has 4 aromatic rings. The van der Waals surface area contributed by atoms with Gasteiger partial charge in [0.25, 0.3) is 21.6 Å². The third-order valence-corrected chi connectivity index (χ3v) is 6.76. The minimum atomic E-state index is -4.69. The van der Waals surface area contributed by atoms with Crippen molar-refractivity contribution in [1.82, 2.24) is 0 Å². The van der Waals surface area contributed by atoms with E-state index >= 15 is 0 Å². The van der Waals surface area contributed by atoms with E-state index in [2.05, 4.69) is 0 Å². The quantitative estimate of drug-likeness (QED) is 0.153. The average Bonchev–Trinajstić information content (AvgIpc) is 2.90. The minimum Gasteiger partial charge on any atom is -0.421 e. The largest absolute Gasteiger partial charge is 0.421 e. The number of carbonyl (C=O) groups excluding carboxylic acids is 2. The number of nitro groups is 1. The number of amides is 1. The normalized spacial score (nSPS) is 10.9. The van der Waals surface area contributed by atoms with Crippen molar-refractivity contribution in [2.75, 3.05) is 4.31 Å². The maximum absolute atomic E-state index is 13.8. The Balaban J connectivity index is 1.86. The van der Waals surface area contributed by atoms with Crippen LogP contribution in [0.2, 0.25) is 0 Å². The van der Waals surface area contributed by atoms with E-state index in [9.17, 15) is 28.1 Å². The van der Waals surface area contributed by atoms with Crippen molar-refractivity contribution in [1.29, 1.82) is 0 Å². The summed E-state index contributed by atoms with van der Waals surface area (Å²) < 4.78 is 33.5. The lowest BCUT2D eigenvalue weighted by Crippen LogP contribution is -2.37. The molecular weight excluding hydrogens is 484 g/mol. The van der Waals surface area contributed by atoms with Gasteiger partial charge in [-0.25, -0.2) is 13.2 Å². The predicted octanol–water partition coefficient (Wildman–Crippen LogP) is 4.85. The van der Waals surface area contributed by atoms with E-state index < -0.39 is 37.4 Å². The van der Waals surface area contributed by atoms with Crippen LogP contribution >= 0.6 is 0 Å². The molecule has 10 heteroatoms. The van der Waals surface area contributed by atoms with Gasteiger partial charge in [-0.2, -0.15) is 4.31 Å². The molecular formula is C26H18N2O7S. The summed E-state index contributed by atoms with van der Waals surface area (Å²) in [5.41, 5.74) is -0.445. The van der Waals surface area contributed by atoms with Crippen LogP contribution in [0, 0.1) is 10.1 Å². The van der Waals surface area contributed by atoms with Gasteiger partial charge >= 0.3 is 5.97 Å². The highest BCUT2D eigenvalue weighted by Crippen LogP contribution is 2.35. The number of non-ortho nitro benzene ring substituents is 1. The lowest BCUT2D eigenvalue weighted by molar-refractivity contribution is -0.385. The highest BCUT2D eigenvalue weighted by molar-refractivity contribution is 7.93. The molecule has 1 amide bonds. The average molecular weight is 503 g/mol. The number of ether oxygens (including phenoxy) is 1. The molecule has 9 nitrogen and oxygen atoms in total. The number of sulfonamides is 1. The summed E-state index contributed by atoms with van der Waals surface area (Å²) >= 11 is 0. The van der Waals surface area contributed by atoms with Crippen LogP contribution in [0.25, 0.3) is 0 Å². The first-order valence-corrected chi connectivity index (χ1v) is 12.0. The van der Waals surface area contributed by atoms with E-state index in [1.807, 2.05) is 0 Å². The summed E-state index contributed by atoms with van der Waals surface area (Å²) in [7, 11) is -4.69. The molecule has 180 valence electrons. The van der Waals surface area contributed by atoms with Crippen molar-refractivity contribution in [3.05, 3.63) is 130 Å². The third kappa shape index (κ3) is 4.98. The van der Waals surface area contributed by atoms with Crippen molar-refractivity contribution < 1.29 is 27.7 Å². The molecule has 0 saturated heterocycles. The van der Waals surface area contributed by atoms with Crippen LogP contribution < -0.4 is 9.04 Å². The molecule has 36 heavy (non-hydrogen) atoms. The number of nitrogens with zero attached hydrogens (tertiary/aromatic N) is 2. The van der Waals surface area contributed by atoms with Crippen LogP contribution in [0.15, 0.2) is 114 Å². The summed E-state index contributed by atoms with van der Waals surface area (Å²) in [6, 6.07) is 25.7. The molecule has 0 heterocycles. The molecule has 0 aliphatic heterocycles. The molecule has 4 rings (SSSR count). The van der Waals surface area contributed by atoms with Gasteiger partial charge in [0.1, 0.15) is 5.69 Å². The van der Waals surface area contributed by atoms with Crippen LogP contribution in [0.4, 0.5) is 11.4 Å². The number of anilines is 1. The van der Waals surface area contributed by atoms with Gasteiger partial charge < -0.3 is 4.74 Å². The second kappa shape index (κ2) is 10.2. The van der Waals surface area contributed by atoms with Gasteiger partial charge in [0.15, 0.2) is 5.75 Å². The number of rotatable bonds is 7. The van der Waals surface area contributed by atoms with E-state index in [0.717, 1.165) is 18.2 Å². The second-order valence-electron chi connectivity index (χ2n) is 7.42. The van der Waals surface area contributed by atoms with Gasteiger partial charge in [0, 0.05) is 17.7 Å². The summed E-state index contributed by atoms with van der Waals surface area (Å²) in [5.74, 6) is -1.89. The van der Waals surface area contributed by atoms with E-state index in [1.54, 1.807) is 36.4 Å². The second-order valence-corrected chi connectivity index (χ2v) is 9.21. The Labute approximate surface area is 206 Å². The molecule has 0 fully saturated rings. The summed E-state index contributed by atoms with van der Waals surface area (Å²) in [5, 5.41) is 11.3. The van der Waals surface area contributed by atoms with Gasteiger partial charge in [-0.3, -0.25) is 14.9 Å². The molecule has 4 aromatic carbocycles. The van der Waals surface area contributed by atoms with E-state index in [4.69, 9.17) is 4.74 Å². The smallest absolute Gasteiger partial charge is 0.343 e. The topological polar surface area (TPSA) is 124 Å². The Morgan fingerprint density at radius 1 is 0.750 bits per heavy atom. The third-order valence-electron chi connectivity index (χ3n) is 5.07. The van der Waals surface area contributed by atoms with E-state index in [0.29, 0.717) is 4.31 Å². The molecule has 0 bridgehead atoms. The number of carbonyl (C=O) groups is 2. The molecule has 0 unspecified atom stereocenters. The standard InChI is InChI=1S/C26H18N2O7S/c29-25(19-10-3-1-4-11-19)27(36(33,34)22-15-9-14-21(18-22)28(31)32)23-16-7-8-17-24(23)35-26(30)20-12-5-2-6-13-20/h1-18H. The Kier molecular flexibility index (Phi) is 6.88. The Morgan fingerprint density at radius 3 is 1.97 bits per heavy atom. The Hall–Kier alpha value is -4.83. The van der Waals surface area contributed by atoms with Crippen molar-refractivity contribution in [3.8, 4) is 5.75 Å². The molecule has 0 aliphatic rings. The number of benzene rings is 4. The van der Waals surface area contributed by atoms with Crippen LogP contribution in [0.3, 0.4) is 0 Å². The first-order valence-electron chi connectivity index (χ1n) is 10.5. The molecule has 0 radical (unpaired) electrons. The van der Waals surface area contributed by atoms with Gasteiger partial charge in [-0.1, -0.05) is 54.6 Å². The maximum atomic E-state index is 13.8. The number of nitro benzene ring substituents is 1. The van der Waals surface area contributed by atoms with Crippen LogP contribution in [-0.4, -0.2) is 25.2 Å². The Bertz CT molecular complexity index is 1540. The molecule has 0 aromatic heterocycles. The van der Waals surface area contributed by atoms with Gasteiger partial charge in [-0.15, -0.1) is 0 Å². The maximum Gasteiger partial charge on any atom is 0.343 e. The molecule has 0 aliphatic carbocycles. The van der Waals surface area contributed by atoms with Crippen LogP contribution in [-0.2, 0) is 10.0 Å². The summed E-state index contributed by atoms with van der Waals surface area (Å²) in [4.78, 5) is 36.3. The van der Waals surface area contributed by atoms with Crippen molar-refractivity contribution in [2.24, 2.45) is 0 Å².